The highest BCUT2D eigenvalue weighted by Crippen LogP contribution is 2.24. The molecule has 1 aromatic rings. The molecule has 1 aliphatic rings. The number of morpholine rings is 1. The Bertz CT molecular complexity index is 479. The van der Waals surface area contributed by atoms with E-state index < -0.39 is 0 Å². The maximum atomic E-state index is 10.9. The van der Waals surface area contributed by atoms with Crippen molar-refractivity contribution in [2.24, 2.45) is 0 Å². The van der Waals surface area contributed by atoms with E-state index in [0.29, 0.717) is 6.54 Å². The summed E-state index contributed by atoms with van der Waals surface area (Å²) in [6, 6.07) is 4.96. The molecular weight excluding hydrogens is 258 g/mol. The molecule has 2 rings (SSSR count). The molecule has 0 bridgehead atoms. The van der Waals surface area contributed by atoms with Gasteiger partial charge in [-0.3, -0.25) is 15.0 Å². The van der Waals surface area contributed by atoms with Crippen molar-refractivity contribution >= 4 is 11.4 Å². The van der Waals surface area contributed by atoms with Crippen molar-refractivity contribution in [3.63, 3.8) is 0 Å². The Morgan fingerprint density at radius 2 is 2.35 bits per heavy atom. The van der Waals surface area contributed by atoms with Crippen LogP contribution >= 0.6 is 0 Å². The van der Waals surface area contributed by atoms with Gasteiger partial charge < -0.3 is 10.1 Å². The number of nitro groups is 1. The summed E-state index contributed by atoms with van der Waals surface area (Å²) < 4.78 is 5.65. The lowest BCUT2D eigenvalue weighted by atomic mass is 10.1. The van der Waals surface area contributed by atoms with Crippen LogP contribution in [0.15, 0.2) is 18.2 Å². The van der Waals surface area contributed by atoms with E-state index in [2.05, 4.69) is 17.1 Å². The number of rotatable bonds is 5. The van der Waals surface area contributed by atoms with Gasteiger partial charge in [-0.05, 0) is 18.1 Å². The van der Waals surface area contributed by atoms with Crippen LogP contribution in [0, 0.1) is 10.1 Å². The zero-order valence-electron chi connectivity index (χ0n) is 12.0. The molecule has 1 saturated heterocycles. The Morgan fingerprint density at radius 3 is 3.00 bits per heavy atom. The molecule has 0 saturated carbocycles. The number of benzene rings is 1. The van der Waals surface area contributed by atoms with Gasteiger partial charge in [0.15, 0.2) is 0 Å². The average molecular weight is 279 g/mol. The van der Waals surface area contributed by atoms with Crippen molar-refractivity contribution in [3.8, 4) is 0 Å². The fourth-order valence-corrected chi connectivity index (χ4v) is 2.48. The number of non-ortho nitro benzene ring substituents is 1. The second-order valence-electron chi connectivity index (χ2n) is 4.98. The Hall–Kier alpha value is -1.66. The van der Waals surface area contributed by atoms with Crippen molar-refractivity contribution in [1.29, 1.82) is 0 Å². The van der Waals surface area contributed by atoms with Gasteiger partial charge in [0.1, 0.15) is 0 Å². The van der Waals surface area contributed by atoms with Crippen LogP contribution in [0.3, 0.4) is 0 Å². The van der Waals surface area contributed by atoms with Crippen molar-refractivity contribution in [2.75, 3.05) is 32.1 Å². The average Bonchev–Trinajstić information content (AvgIpc) is 2.47. The van der Waals surface area contributed by atoms with Gasteiger partial charge in [-0.1, -0.05) is 6.92 Å². The molecule has 20 heavy (non-hydrogen) atoms. The maximum Gasteiger partial charge on any atom is 0.269 e. The molecule has 6 heteroatoms. The van der Waals surface area contributed by atoms with E-state index in [0.717, 1.165) is 37.4 Å². The molecule has 6 nitrogen and oxygen atoms in total. The number of nitrogens with one attached hydrogen (secondary N) is 1. The van der Waals surface area contributed by atoms with E-state index in [1.54, 1.807) is 12.1 Å². The SMILES string of the molecule is CCC1CN(Cc2cc([N+](=O)[O-])ccc2NC)CCO1. The number of ether oxygens (including phenoxy) is 1. The predicted molar refractivity (Wildman–Crippen MR) is 78.0 cm³/mol. The van der Waals surface area contributed by atoms with Gasteiger partial charge in [0.2, 0.25) is 0 Å². The van der Waals surface area contributed by atoms with E-state index in [1.165, 1.54) is 6.07 Å². The highest BCUT2D eigenvalue weighted by atomic mass is 16.6. The Labute approximate surface area is 118 Å². The lowest BCUT2D eigenvalue weighted by Crippen LogP contribution is -2.41. The molecule has 110 valence electrons. The fourth-order valence-electron chi connectivity index (χ4n) is 2.48. The van der Waals surface area contributed by atoms with Crippen LogP contribution in [0.2, 0.25) is 0 Å². The topological polar surface area (TPSA) is 67.6 Å². The normalized spacial score (nSPS) is 19.8. The third-order valence-corrected chi connectivity index (χ3v) is 3.64. The maximum absolute atomic E-state index is 10.9. The first-order valence-electron chi connectivity index (χ1n) is 6.93. The summed E-state index contributed by atoms with van der Waals surface area (Å²) in [6.07, 6.45) is 1.25. The summed E-state index contributed by atoms with van der Waals surface area (Å²) in [4.78, 5) is 12.8. The fraction of sp³-hybridized carbons (Fsp3) is 0.571. The molecule has 0 amide bonds. The molecular formula is C14H21N3O3. The quantitative estimate of drug-likeness (QED) is 0.661. The first-order valence-corrected chi connectivity index (χ1v) is 6.93. The molecule has 1 fully saturated rings. The minimum absolute atomic E-state index is 0.138. The summed E-state index contributed by atoms with van der Waals surface area (Å²) in [5, 5.41) is 14.0. The van der Waals surface area contributed by atoms with Gasteiger partial charge in [-0.25, -0.2) is 0 Å². The number of anilines is 1. The highest BCUT2D eigenvalue weighted by Gasteiger charge is 2.20. The van der Waals surface area contributed by atoms with Crippen LogP contribution in [-0.4, -0.2) is 42.7 Å². The Balaban J connectivity index is 2.14. The molecule has 1 aliphatic heterocycles. The van der Waals surface area contributed by atoms with Gasteiger partial charge in [0.25, 0.3) is 5.69 Å². The molecule has 1 aromatic carbocycles. The number of nitrogens with zero attached hydrogens (tertiary/aromatic N) is 2. The first-order chi connectivity index (χ1) is 9.63. The minimum Gasteiger partial charge on any atom is -0.388 e. The van der Waals surface area contributed by atoms with Crippen LogP contribution in [0.4, 0.5) is 11.4 Å². The van der Waals surface area contributed by atoms with Gasteiger partial charge in [-0.15, -0.1) is 0 Å². The van der Waals surface area contributed by atoms with E-state index in [9.17, 15) is 10.1 Å². The second-order valence-corrected chi connectivity index (χ2v) is 4.98. The molecule has 0 aromatic heterocycles. The molecule has 1 N–H and O–H groups in total. The number of hydrogen-bond donors (Lipinski definition) is 1. The molecule has 0 aliphatic carbocycles. The summed E-state index contributed by atoms with van der Waals surface area (Å²) in [6.45, 7) is 5.28. The predicted octanol–water partition coefficient (Wildman–Crippen LogP) is 2.25. The van der Waals surface area contributed by atoms with Crippen LogP contribution in [-0.2, 0) is 11.3 Å². The zero-order valence-corrected chi connectivity index (χ0v) is 12.0. The second kappa shape index (κ2) is 6.67. The summed E-state index contributed by atoms with van der Waals surface area (Å²) in [5.41, 5.74) is 2.04. The molecule has 1 atom stereocenters. The smallest absolute Gasteiger partial charge is 0.269 e. The molecule has 1 heterocycles. The lowest BCUT2D eigenvalue weighted by Gasteiger charge is -2.32. The van der Waals surface area contributed by atoms with Gasteiger partial charge in [0.05, 0.1) is 17.6 Å². The third kappa shape index (κ3) is 3.46. The standard InChI is InChI=1S/C14H21N3O3/c1-3-13-10-16(6-7-20-13)9-11-8-12(17(18)19)4-5-14(11)15-2/h4-5,8,13,15H,3,6-7,9-10H2,1-2H3. The number of hydrogen-bond acceptors (Lipinski definition) is 5. The Kier molecular flexibility index (Phi) is 4.92. The van der Waals surface area contributed by atoms with E-state index in [1.807, 2.05) is 7.05 Å². The first kappa shape index (κ1) is 14.7. The van der Waals surface area contributed by atoms with Gasteiger partial charge in [-0.2, -0.15) is 0 Å². The van der Waals surface area contributed by atoms with Crippen LogP contribution < -0.4 is 5.32 Å². The molecule has 1 unspecified atom stereocenters. The highest BCUT2D eigenvalue weighted by molar-refractivity contribution is 5.55. The van der Waals surface area contributed by atoms with E-state index >= 15 is 0 Å². The van der Waals surface area contributed by atoms with Crippen molar-refractivity contribution < 1.29 is 9.66 Å². The van der Waals surface area contributed by atoms with Crippen LogP contribution in [0.1, 0.15) is 18.9 Å². The summed E-state index contributed by atoms with van der Waals surface area (Å²) >= 11 is 0. The van der Waals surface area contributed by atoms with Gasteiger partial charge in [0, 0.05) is 44.5 Å². The van der Waals surface area contributed by atoms with Crippen molar-refractivity contribution in [3.05, 3.63) is 33.9 Å². The minimum atomic E-state index is -0.350. The van der Waals surface area contributed by atoms with E-state index in [4.69, 9.17) is 4.74 Å². The zero-order chi connectivity index (χ0) is 14.5. The van der Waals surface area contributed by atoms with E-state index in [-0.39, 0.29) is 16.7 Å². The van der Waals surface area contributed by atoms with Crippen LogP contribution in [0.5, 0.6) is 0 Å². The molecule has 0 spiro atoms. The Morgan fingerprint density at radius 1 is 1.55 bits per heavy atom. The van der Waals surface area contributed by atoms with Crippen molar-refractivity contribution in [1.82, 2.24) is 4.90 Å². The monoisotopic (exact) mass is 279 g/mol. The van der Waals surface area contributed by atoms with Crippen LogP contribution in [0.25, 0.3) is 0 Å². The third-order valence-electron chi connectivity index (χ3n) is 3.64. The lowest BCUT2D eigenvalue weighted by molar-refractivity contribution is -0.384. The summed E-state index contributed by atoms with van der Waals surface area (Å²) in [7, 11) is 1.83. The molecule has 0 radical (unpaired) electrons. The van der Waals surface area contributed by atoms with Gasteiger partial charge >= 0.3 is 0 Å². The largest absolute Gasteiger partial charge is 0.388 e. The van der Waals surface area contributed by atoms with Crippen molar-refractivity contribution in [2.45, 2.75) is 26.0 Å². The summed E-state index contributed by atoms with van der Waals surface area (Å²) in [5.74, 6) is 0. The number of nitro benzene ring substituents is 1.